The van der Waals surface area contributed by atoms with E-state index in [4.69, 9.17) is 4.74 Å². The molecule has 5 heteroatoms. The van der Waals surface area contributed by atoms with E-state index in [0.717, 1.165) is 5.56 Å². The van der Waals surface area contributed by atoms with Crippen LogP contribution in [0.2, 0.25) is 0 Å². The molecule has 0 saturated carbocycles. The second-order valence-corrected chi connectivity index (χ2v) is 4.55. The Balaban J connectivity index is 2.23. The topological polar surface area (TPSA) is 52.6 Å². The van der Waals surface area contributed by atoms with Gasteiger partial charge < -0.3 is 9.47 Å². The molecule has 0 aliphatic heterocycles. The molecule has 0 aliphatic rings. The molecule has 0 atom stereocenters. The Hall–Kier alpha value is -2.95. The number of esters is 1. The minimum atomic E-state index is -0.679. The summed E-state index contributed by atoms with van der Waals surface area (Å²) in [4.78, 5) is 21.6. The van der Waals surface area contributed by atoms with Gasteiger partial charge in [-0.15, -0.1) is 0 Å². The molecule has 0 amide bonds. The highest BCUT2D eigenvalue weighted by Gasteiger charge is 2.11. The number of halogens is 1. The summed E-state index contributed by atoms with van der Waals surface area (Å²) in [6.07, 6.45) is 0. The van der Waals surface area contributed by atoms with Crippen LogP contribution in [-0.2, 0) is 9.59 Å². The fraction of sp³-hybridized carbons (Fsp3) is 0.0588. The number of hydrogen-bond acceptors (Lipinski definition) is 4. The van der Waals surface area contributed by atoms with Gasteiger partial charge in [0, 0.05) is 5.57 Å². The smallest absolute Gasteiger partial charge is 0.338 e. The largest absolute Gasteiger partial charge is 0.429 e. The van der Waals surface area contributed by atoms with Crippen LogP contribution >= 0.6 is 0 Å². The second-order valence-electron chi connectivity index (χ2n) is 4.55. The highest BCUT2D eigenvalue weighted by molar-refractivity contribution is 5.88. The van der Waals surface area contributed by atoms with Crippen molar-refractivity contribution in [2.45, 2.75) is 6.92 Å². The highest BCUT2D eigenvalue weighted by Crippen LogP contribution is 2.27. The molecule has 0 aromatic heterocycles. The van der Waals surface area contributed by atoms with Gasteiger partial charge in [0.15, 0.2) is 11.6 Å². The van der Waals surface area contributed by atoms with Crippen molar-refractivity contribution in [3.8, 4) is 22.6 Å². The normalized spacial score (nSPS) is 9.91. The van der Waals surface area contributed by atoms with Gasteiger partial charge in [-0.25, -0.2) is 9.18 Å². The summed E-state index contributed by atoms with van der Waals surface area (Å²) in [5.74, 6) is -1.09. The van der Waals surface area contributed by atoms with E-state index in [1.807, 2.05) is 0 Å². The van der Waals surface area contributed by atoms with Crippen molar-refractivity contribution in [2.24, 2.45) is 0 Å². The van der Waals surface area contributed by atoms with Crippen molar-refractivity contribution in [1.29, 1.82) is 0 Å². The number of rotatable bonds is 5. The maximum absolute atomic E-state index is 14.0. The van der Waals surface area contributed by atoms with E-state index in [2.05, 4.69) is 11.3 Å². The lowest BCUT2D eigenvalue weighted by Gasteiger charge is -2.08. The summed E-state index contributed by atoms with van der Waals surface area (Å²) < 4.78 is 23.5. The van der Waals surface area contributed by atoms with Crippen LogP contribution in [0, 0.1) is 5.82 Å². The van der Waals surface area contributed by atoms with Gasteiger partial charge in [-0.2, -0.15) is 0 Å². The first-order valence-corrected chi connectivity index (χ1v) is 6.39. The molecule has 0 heterocycles. The Morgan fingerprint density at radius 2 is 1.77 bits per heavy atom. The molecule has 2 rings (SSSR count). The number of ether oxygens (including phenoxy) is 2. The van der Waals surface area contributed by atoms with Gasteiger partial charge in [0.25, 0.3) is 6.47 Å². The molecule has 0 spiro atoms. The van der Waals surface area contributed by atoms with E-state index in [1.165, 1.54) is 19.1 Å². The van der Waals surface area contributed by atoms with Crippen molar-refractivity contribution >= 4 is 12.4 Å². The van der Waals surface area contributed by atoms with Gasteiger partial charge in [0.2, 0.25) is 0 Å². The average Bonchev–Trinajstić information content (AvgIpc) is 2.50. The molecule has 112 valence electrons. The Kier molecular flexibility index (Phi) is 4.68. The number of hydrogen-bond donors (Lipinski definition) is 0. The molecule has 0 N–H and O–H groups in total. The van der Waals surface area contributed by atoms with Crippen LogP contribution in [0.25, 0.3) is 11.1 Å². The molecule has 0 saturated heterocycles. The first-order chi connectivity index (χ1) is 10.5. The van der Waals surface area contributed by atoms with E-state index in [0.29, 0.717) is 17.8 Å². The first kappa shape index (κ1) is 15.4. The lowest BCUT2D eigenvalue weighted by atomic mass is 10.1. The van der Waals surface area contributed by atoms with Crippen molar-refractivity contribution in [3.63, 3.8) is 0 Å². The molecule has 0 fully saturated rings. The van der Waals surface area contributed by atoms with Crippen LogP contribution in [0.5, 0.6) is 11.5 Å². The lowest BCUT2D eigenvalue weighted by Crippen LogP contribution is -2.09. The summed E-state index contributed by atoms with van der Waals surface area (Å²) in [7, 11) is 0. The van der Waals surface area contributed by atoms with Gasteiger partial charge >= 0.3 is 5.97 Å². The number of carbonyl (C=O) groups excluding carboxylic acids is 2. The monoisotopic (exact) mass is 300 g/mol. The Morgan fingerprint density at radius 3 is 2.32 bits per heavy atom. The molecule has 0 bridgehead atoms. The van der Waals surface area contributed by atoms with Crippen molar-refractivity contribution in [3.05, 3.63) is 60.4 Å². The van der Waals surface area contributed by atoms with Crippen LogP contribution < -0.4 is 9.47 Å². The second kappa shape index (κ2) is 6.67. The minimum Gasteiger partial charge on any atom is -0.429 e. The maximum atomic E-state index is 14.0. The third-order valence-electron chi connectivity index (χ3n) is 2.85. The average molecular weight is 300 g/mol. The fourth-order valence-electron chi connectivity index (χ4n) is 1.73. The van der Waals surface area contributed by atoms with Gasteiger partial charge in [-0.05, 0) is 42.3 Å². The van der Waals surface area contributed by atoms with Crippen LogP contribution in [0.4, 0.5) is 4.39 Å². The molecule has 2 aromatic carbocycles. The van der Waals surface area contributed by atoms with Crippen LogP contribution in [0.15, 0.2) is 54.6 Å². The maximum Gasteiger partial charge on any atom is 0.338 e. The Bertz CT molecular complexity index is 720. The molecule has 0 radical (unpaired) electrons. The molecule has 2 aromatic rings. The zero-order valence-electron chi connectivity index (χ0n) is 11.8. The van der Waals surface area contributed by atoms with E-state index in [1.54, 1.807) is 30.3 Å². The van der Waals surface area contributed by atoms with E-state index in [9.17, 15) is 14.0 Å². The molecule has 0 aliphatic carbocycles. The number of carbonyl (C=O) groups is 2. The van der Waals surface area contributed by atoms with Gasteiger partial charge in [-0.3, -0.25) is 4.79 Å². The fourth-order valence-corrected chi connectivity index (χ4v) is 1.73. The third kappa shape index (κ3) is 3.58. The summed E-state index contributed by atoms with van der Waals surface area (Å²) in [6, 6.07) is 10.8. The predicted molar refractivity (Wildman–Crippen MR) is 79.0 cm³/mol. The van der Waals surface area contributed by atoms with Gasteiger partial charge in [0.05, 0.1) is 0 Å². The van der Waals surface area contributed by atoms with Crippen LogP contribution in [0.3, 0.4) is 0 Å². The van der Waals surface area contributed by atoms with E-state index in [-0.39, 0.29) is 11.3 Å². The molecular formula is C17H13FO4. The van der Waals surface area contributed by atoms with Crippen LogP contribution in [0.1, 0.15) is 6.92 Å². The molecular weight excluding hydrogens is 287 g/mol. The molecule has 4 nitrogen and oxygen atoms in total. The number of benzene rings is 2. The minimum absolute atomic E-state index is 0.155. The predicted octanol–water partition coefficient (Wildman–Crippen LogP) is 3.51. The Morgan fingerprint density at radius 1 is 1.14 bits per heavy atom. The summed E-state index contributed by atoms with van der Waals surface area (Å²) in [5.41, 5.74) is 1.52. The van der Waals surface area contributed by atoms with Gasteiger partial charge in [-0.1, -0.05) is 24.8 Å². The highest BCUT2D eigenvalue weighted by atomic mass is 19.1. The molecule has 0 unspecified atom stereocenters. The third-order valence-corrected chi connectivity index (χ3v) is 2.85. The summed E-state index contributed by atoms with van der Waals surface area (Å²) >= 11 is 0. The SMILES string of the molecule is C=C(C)C(=O)Oc1ccc(-c2ccc(OC=O)cc2)cc1F. The van der Waals surface area contributed by atoms with Crippen LogP contribution in [-0.4, -0.2) is 12.4 Å². The zero-order chi connectivity index (χ0) is 16.1. The summed E-state index contributed by atoms with van der Waals surface area (Å²) in [5, 5.41) is 0. The van der Waals surface area contributed by atoms with Crippen molar-refractivity contribution < 1.29 is 23.5 Å². The Labute approximate surface area is 126 Å². The van der Waals surface area contributed by atoms with Gasteiger partial charge in [0.1, 0.15) is 5.75 Å². The standard InChI is InChI=1S/C17H13FO4/c1-11(2)17(20)22-16-8-5-13(9-15(16)18)12-3-6-14(7-4-12)21-10-19/h3-10H,1H2,2H3. The quantitative estimate of drug-likeness (QED) is 0.367. The van der Waals surface area contributed by atoms with Crippen molar-refractivity contribution in [1.82, 2.24) is 0 Å². The lowest BCUT2D eigenvalue weighted by molar-refractivity contribution is -0.130. The van der Waals surface area contributed by atoms with E-state index < -0.39 is 11.8 Å². The molecule has 22 heavy (non-hydrogen) atoms. The summed E-state index contributed by atoms with van der Waals surface area (Å²) in [6.45, 7) is 5.25. The van der Waals surface area contributed by atoms with E-state index >= 15 is 0 Å². The van der Waals surface area contributed by atoms with Crippen molar-refractivity contribution in [2.75, 3.05) is 0 Å². The zero-order valence-corrected chi connectivity index (χ0v) is 11.8. The first-order valence-electron chi connectivity index (χ1n) is 6.39.